The standard InChI is InChI=1S/C4H2O4.2Na/c5-3(6)1-2-4(7)8;;/h(H,5,6)(H,7,8);;/q;2*+1/p-2/i5-3;;. The van der Waals surface area contributed by atoms with Crippen LogP contribution in [0.25, 0.3) is 0 Å². The Hall–Kier alpha value is 0.500. The molecule has 0 amide bonds. The van der Waals surface area contributed by atoms with Crippen molar-refractivity contribution in [1.29, 1.82) is 0 Å². The number of rotatable bonds is 0. The van der Waals surface area contributed by atoms with Crippen LogP contribution in [0.1, 0.15) is 0 Å². The maximum absolute atomic E-state index is 9.33. The Kier molecular flexibility index (Phi) is 16.0. The average molecular weight is 155 g/mol. The van der Waals surface area contributed by atoms with Crippen molar-refractivity contribution < 1.29 is 78.9 Å². The number of carboxylic acid groups (broad SMARTS) is 2. The van der Waals surface area contributed by atoms with E-state index in [-0.39, 0.29) is 59.1 Å². The second-order valence-corrected chi connectivity index (χ2v) is 0.825. The van der Waals surface area contributed by atoms with Crippen LogP contribution < -0.4 is 69.3 Å². The molecule has 0 fully saturated rings. The van der Waals surface area contributed by atoms with E-state index in [1.807, 2.05) is 0 Å². The van der Waals surface area contributed by atoms with Gasteiger partial charge in [0, 0.05) is 0 Å². The quantitative estimate of drug-likeness (QED) is 0.257. The van der Waals surface area contributed by atoms with Crippen LogP contribution >= 0.6 is 0 Å². The normalized spacial score (nSPS) is 5.20. The number of hydrogen-bond donors (Lipinski definition) is 0. The molecule has 0 aromatic carbocycles. The van der Waals surface area contributed by atoms with Gasteiger partial charge in [-0.1, -0.05) is 0 Å². The number of carboxylic acids is 2. The fourth-order valence-corrected chi connectivity index (χ4v) is 0.102. The summed E-state index contributed by atoms with van der Waals surface area (Å²) in [5.41, 5.74) is 0. The van der Waals surface area contributed by atoms with Crippen LogP contribution in [0.4, 0.5) is 0 Å². The predicted octanol–water partition coefficient (Wildman–Crippen LogP) is -9.50. The zero-order chi connectivity index (χ0) is 6.57. The van der Waals surface area contributed by atoms with Crippen LogP contribution in [0.15, 0.2) is 0 Å². The largest absolute Gasteiger partial charge is 1.00 e. The Morgan fingerprint density at radius 1 is 1.20 bits per heavy atom. The molecule has 4 nitrogen and oxygen atoms in total. The maximum Gasteiger partial charge on any atom is 1.00 e. The van der Waals surface area contributed by atoms with Crippen molar-refractivity contribution in [2.75, 3.05) is 0 Å². The van der Waals surface area contributed by atoms with Gasteiger partial charge in [-0.25, -0.2) is 0 Å². The Bertz CT molecular complexity index is 159. The van der Waals surface area contributed by atoms with Crippen molar-refractivity contribution in [3.05, 3.63) is 0 Å². The summed E-state index contributed by atoms with van der Waals surface area (Å²) in [7, 11) is 0. The number of hydrogen-bond acceptors (Lipinski definition) is 4. The number of carbonyl (C=O) groups excluding carboxylic acids is 2. The third-order valence-electron chi connectivity index (χ3n) is 0.267. The molecule has 0 aliphatic rings. The fraction of sp³-hybridized carbons (Fsp3) is 0. The van der Waals surface area contributed by atoms with E-state index in [9.17, 15) is 19.8 Å². The Balaban J connectivity index is -0.000000245. The second kappa shape index (κ2) is 9.50. The molecule has 0 saturated carbocycles. The summed E-state index contributed by atoms with van der Waals surface area (Å²) >= 11 is 0. The summed E-state index contributed by atoms with van der Waals surface area (Å²) in [6.45, 7) is 0. The molecule has 0 atom stereocenters. The van der Waals surface area contributed by atoms with E-state index < -0.39 is 11.9 Å². The fourth-order valence-electron chi connectivity index (χ4n) is 0.102. The molecule has 0 unspecified atom stereocenters. The molecular weight excluding hydrogens is 155 g/mol. The summed E-state index contributed by atoms with van der Waals surface area (Å²) in [5.74, 6) is -0.978. The molecule has 0 bridgehead atoms. The molecule has 0 aromatic heterocycles. The van der Waals surface area contributed by atoms with Gasteiger partial charge in [-0.2, -0.15) is 0 Å². The van der Waals surface area contributed by atoms with E-state index in [0.717, 1.165) is 0 Å². The van der Waals surface area contributed by atoms with Crippen molar-refractivity contribution in [3.8, 4) is 11.8 Å². The smallest absolute Gasteiger partial charge is 0.537 e. The van der Waals surface area contributed by atoms with Crippen molar-refractivity contribution in [2.24, 2.45) is 0 Å². The monoisotopic (exact) mass is 155 g/mol. The van der Waals surface area contributed by atoms with Crippen molar-refractivity contribution in [3.63, 3.8) is 0 Å². The first-order valence-electron chi connectivity index (χ1n) is 1.57. The summed E-state index contributed by atoms with van der Waals surface area (Å²) in [5, 5.41) is 18.7. The van der Waals surface area contributed by atoms with Crippen LogP contribution in [0, 0.1) is 11.8 Å². The average Bonchev–Trinajstić information content (AvgIpc) is 1.61. The van der Waals surface area contributed by atoms with Crippen molar-refractivity contribution >= 4 is 11.9 Å². The molecule has 6 heteroatoms. The number of aliphatic carboxylic acids is 2. The van der Waals surface area contributed by atoms with E-state index in [2.05, 4.69) is 0 Å². The Morgan fingerprint density at radius 2 is 1.60 bits per heavy atom. The minimum Gasteiger partial charge on any atom is -0.537 e. The zero-order valence-electron chi connectivity index (χ0n) is 5.63. The predicted molar refractivity (Wildman–Crippen MR) is 17.8 cm³/mol. The van der Waals surface area contributed by atoms with E-state index in [0.29, 0.717) is 0 Å². The van der Waals surface area contributed by atoms with Crippen molar-refractivity contribution in [2.45, 2.75) is 0 Å². The molecule has 0 aromatic rings. The first-order chi connectivity index (χ1) is 3.63. The zero-order valence-corrected chi connectivity index (χ0v) is 9.63. The Labute approximate surface area is 102 Å². The summed E-state index contributed by atoms with van der Waals surface area (Å²) in [4.78, 5) is 18.7. The number of carbonyl (C=O) groups is 2. The third-order valence-corrected chi connectivity index (χ3v) is 0.267. The second-order valence-electron chi connectivity index (χ2n) is 0.825. The molecule has 0 saturated heterocycles. The van der Waals surface area contributed by atoms with Crippen LogP contribution in [0.5, 0.6) is 0 Å². The molecule has 10 heavy (non-hydrogen) atoms. The van der Waals surface area contributed by atoms with Crippen LogP contribution in [-0.4, -0.2) is 11.9 Å². The van der Waals surface area contributed by atoms with Crippen LogP contribution in [0.2, 0.25) is 0 Å². The molecule has 42 valence electrons. The molecule has 0 spiro atoms. The topological polar surface area (TPSA) is 80.3 Å². The van der Waals surface area contributed by atoms with E-state index in [4.69, 9.17) is 0 Å². The van der Waals surface area contributed by atoms with Gasteiger partial charge in [-0.15, -0.1) is 0 Å². The molecule has 0 radical (unpaired) electrons. The first kappa shape index (κ1) is 16.8. The summed E-state index contributed by atoms with van der Waals surface area (Å²) in [6, 6.07) is 0. The van der Waals surface area contributed by atoms with Gasteiger partial charge in [0.05, 0.1) is 0 Å². The molecule has 0 heterocycles. The first-order valence-corrected chi connectivity index (χ1v) is 1.57. The van der Waals surface area contributed by atoms with E-state index >= 15 is 0 Å². The SMILES string of the molecule is O=C([O-])C#CC([O-])=[13O].[Na+].[Na+]. The van der Waals surface area contributed by atoms with Gasteiger partial charge in [0.15, 0.2) is 0 Å². The minimum atomic E-state index is -1.73. The molecule has 0 aliphatic carbocycles. The minimum absolute atomic E-state index is 0. The van der Waals surface area contributed by atoms with Gasteiger partial charge in [0.2, 0.25) is 0 Å². The van der Waals surface area contributed by atoms with E-state index in [1.54, 1.807) is 0 Å². The maximum atomic E-state index is 9.33. The summed E-state index contributed by atoms with van der Waals surface area (Å²) < 4.78 is 0. The van der Waals surface area contributed by atoms with Crippen molar-refractivity contribution in [1.82, 2.24) is 0 Å². The van der Waals surface area contributed by atoms with Gasteiger partial charge >= 0.3 is 59.1 Å². The molecule has 0 aliphatic heterocycles. The van der Waals surface area contributed by atoms with Gasteiger partial charge in [-0.05, 0) is 11.8 Å². The summed E-state index contributed by atoms with van der Waals surface area (Å²) in [6.07, 6.45) is 0. The van der Waals surface area contributed by atoms with Crippen LogP contribution in [0.3, 0.4) is 0 Å². The molecule has 0 rings (SSSR count). The van der Waals surface area contributed by atoms with E-state index in [1.165, 1.54) is 11.8 Å². The van der Waals surface area contributed by atoms with Gasteiger partial charge in [-0.3, -0.25) is 0 Å². The molecular formula is C4Na2O4. The van der Waals surface area contributed by atoms with Gasteiger partial charge in [0.1, 0.15) is 11.9 Å². The van der Waals surface area contributed by atoms with Gasteiger partial charge in [0.25, 0.3) is 0 Å². The Morgan fingerprint density at radius 3 is 1.70 bits per heavy atom. The molecule has 0 N–H and O–H groups in total. The van der Waals surface area contributed by atoms with Crippen LogP contribution in [-0.2, 0) is 9.59 Å². The third kappa shape index (κ3) is 15.8. The van der Waals surface area contributed by atoms with Gasteiger partial charge < -0.3 is 19.8 Å².